The van der Waals surface area contributed by atoms with Crippen LogP contribution in [0.15, 0.2) is 53.4 Å². The molecule has 0 radical (unpaired) electrons. The van der Waals surface area contributed by atoms with Gasteiger partial charge in [0, 0.05) is 10.5 Å². The number of methoxy groups -OCH3 is 1. The van der Waals surface area contributed by atoms with Gasteiger partial charge >= 0.3 is 5.97 Å². The summed E-state index contributed by atoms with van der Waals surface area (Å²) in [6, 6.07) is 14.0. The summed E-state index contributed by atoms with van der Waals surface area (Å²) in [5.74, 6) is -0.383. The topological polar surface area (TPSA) is 52.6 Å². The quantitative estimate of drug-likeness (QED) is 0.457. The van der Waals surface area contributed by atoms with E-state index in [2.05, 4.69) is 0 Å². The van der Waals surface area contributed by atoms with Crippen LogP contribution < -0.4 is 4.74 Å². The maximum atomic E-state index is 12.3. The van der Waals surface area contributed by atoms with Crippen molar-refractivity contribution in [3.63, 3.8) is 0 Å². The molecule has 0 saturated carbocycles. The predicted octanol–water partition coefficient (Wildman–Crippen LogP) is 3.85. The molecule has 23 heavy (non-hydrogen) atoms. The van der Waals surface area contributed by atoms with Gasteiger partial charge in [0.15, 0.2) is 6.10 Å². The minimum absolute atomic E-state index is 0.237. The molecule has 0 unspecified atom stereocenters. The molecule has 5 heteroatoms. The van der Waals surface area contributed by atoms with Crippen LogP contribution in [0.5, 0.6) is 5.75 Å². The van der Waals surface area contributed by atoms with Crippen LogP contribution >= 0.6 is 11.8 Å². The second kappa shape index (κ2) is 7.83. The molecule has 0 fully saturated rings. The summed E-state index contributed by atoms with van der Waals surface area (Å²) < 4.78 is 10.5. The van der Waals surface area contributed by atoms with Gasteiger partial charge in [0.05, 0.1) is 7.11 Å². The highest BCUT2D eigenvalue weighted by Crippen LogP contribution is 2.26. The number of hydrogen-bond acceptors (Lipinski definition) is 5. The second-order valence-electron chi connectivity index (χ2n) is 4.84. The minimum atomic E-state index is -0.866. The number of carbonyl (C=O) groups is 2. The third-order valence-electron chi connectivity index (χ3n) is 3.34. The van der Waals surface area contributed by atoms with E-state index < -0.39 is 12.1 Å². The van der Waals surface area contributed by atoms with Crippen LogP contribution in [0.3, 0.4) is 0 Å². The van der Waals surface area contributed by atoms with Crippen LogP contribution in [0.4, 0.5) is 0 Å². The van der Waals surface area contributed by atoms with Crippen molar-refractivity contribution in [2.45, 2.75) is 17.9 Å². The highest BCUT2D eigenvalue weighted by Gasteiger charge is 2.22. The molecule has 0 aromatic heterocycles. The van der Waals surface area contributed by atoms with Crippen molar-refractivity contribution in [1.29, 1.82) is 0 Å². The third kappa shape index (κ3) is 4.13. The summed E-state index contributed by atoms with van der Waals surface area (Å²) in [7, 11) is 1.49. The Morgan fingerprint density at radius 3 is 2.39 bits per heavy atom. The zero-order valence-corrected chi connectivity index (χ0v) is 14.1. The molecule has 2 aromatic rings. The molecule has 0 heterocycles. The van der Waals surface area contributed by atoms with E-state index in [-0.39, 0.29) is 5.78 Å². The minimum Gasteiger partial charge on any atom is -0.496 e. The molecule has 0 bridgehead atoms. The number of rotatable bonds is 6. The highest BCUT2D eigenvalue weighted by atomic mass is 32.2. The zero-order valence-electron chi connectivity index (χ0n) is 13.2. The van der Waals surface area contributed by atoms with Gasteiger partial charge in [-0.05, 0) is 31.4 Å². The molecule has 0 aliphatic heterocycles. The number of carbonyl (C=O) groups excluding carboxylic acids is 2. The number of ketones is 1. The number of esters is 1. The Morgan fingerprint density at radius 1 is 1.09 bits per heavy atom. The standard InChI is InChI=1S/C18H18O4S/c1-12(17(19)13-7-5-4-6-8-13)22-18(20)15-10-9-14(23-3)11-16(15)21-2/h4-12H,1-3H3/t12-/m1/s1. The van der Waals surface area contributed by atoms with Gasteiger partial charge < -0.3 is 9.47 Å². The van der Waals surface area contributed by atoms with E-state index in [0.717, 1.165) is 4.90 Å². The average molecular weight is 330 g/mol. The van der Waals surface area contributed by atoms with Crippen LogP contribution in [0.2, 0.25) is 0 Å². The number of hydrogen-bond donors (Lipinski definition) is 0. The van der Waals surface area contributed by atoms with E-state index in [4.69, 9.17) is 9.47 Å². The van der Waals surface area contributed by atoms with Gasteiger partial charge in [0.2, 0.25) is 5.78 Å². The summed E-state index contributed by atoms with van der Waals surface area (Å²) in [6.45, 7) is 1.57. The van der Waals surface area contributed by atoms with Gasteiger partial charge in [-0.3, -0.25) is 4.79 Å². The van der Waals surface area contributed by atoms with E-state index in [9.17, 15) is 9.59 Å². The van der Waals surface area contributed by atoms with Gasteiger partial charge in [-0.1, -0.05) is 30.3 Å². The van der Waals surface area contributed by atoms with Crippen LogP contribution in [-0.4, -0.2) is 31.2 Å². The first-order chi connectivity index (χ1) is 11.1. The summed E-state index contributed by atoms with van der Waals surface area (Å²) in [6.07, 6.45) is 1.07. The van der Waals surface area contributed by atoms with Crippen LogP contribution in [-0.2, 0) is 4.74 Å². The van der Waals surface area contributed by atoms with Gasteiger partial charge in [-0.15, -0.1) is 11.8 Å². The largest absolute Gasteiger partial charge is 0.496 e. The number of ether oxygens (including phenoxy) is 2. The maximum Gasteiger partial charge on any atom is 0.342 e. The zero-order chi connectivity index (χ0) is 16.8. The van der Waals surface area contributed by atoms with Crippen molar-refractivity contribution in [3.8, 4) is 5.75 Å². The lowest BCUT2D eigenvalue weighted by molar-refractivity contribution is 0.0316. The van der Waals surface area contributed by atoms with E-state index in [0.29, 0.717) is 16.9 Å². The van der Waals surface area contributed by atoms with E-state index in [1.54, 1.807) is 55.1 Å². The van der Waals surface area contributed by atoms with Crippen molar-refractivity contribution in [3.05, 3.63) is 59.7 Å². The van der Waals surface area contributed by atoms with Crippen molar-refractivity contribution < 1.29 is 19.1 Å². The highest BCUT2D eigenvalue weighted by molar-refractivity contribution is 7.98. The fraction of sp³-hybridized carbons (Fsp3) is 0.222. The van der Waals surface area contributed by atoms with Crippen molar-refractivity contribution in [1.82, 2.24) is 0 Å². The SMILES string of the molecule is COc1cc(SC)ccc1C(=O)O[C@H](C)C(=O)c1ccccc1. The maximum absolute atomic E-state index is 12.3. The summed E-state index contributed by atoms with van der Waals surface area (Å²) >= 11 is 1.55. The first-order valence-electron chi connectivity index (χ1n) is 7.09. The molecule has 2 rings (SSSR count). The van der Waals surface area contributed by atoms with Crippen molar-refractivity contribution >= 4 is 23.5 Å². The number of benzene rings is 2. The monoisotopic (exact) mass is 330 g/mol. The molecular formula is C18H18O4S. The molecule has 0 spiro atoms. The fourth-order valence-corrected chi connectivity index (χ4v) is 2.51. The molecular weight excluding hydrogens is 312 g/mol. The van der Waals surface area contributed by atoms with Crippen LogP contribution in [0.1, 0.15) is 27.6 Å². The molecule has 1 atom stereocenters. The van der Waals surface area contributed by atoms with Crippen LogP contribution in [0, 0.1) is 0 Å². The lowest BCUT2D eigenvalue weighted by atomic mass is 10.1. The van der Waals surface area contributed by atoms with E-state index >= 15 is 0 Å². The van der Waals surface area contributed by atoms with Gasteiger partial charge in [0.1, 0.15) is 11.3 Å². The Morgan fingerprint density at radius 2 is 1.78 bits per heavy atom. The average Bonchev–Trinajstić information content (AvgIpc) is 2.60. The third-order valence-corrected chi connectivity index (χ3v) is 4.07. The molecule has 0 saturated heterocycles. The Labute approximate surface area is 139 Å². The Balaban J connectivity index is 2.14. The smallest absolute Gasteiger partial charge is 0.342 e. The molecule has 0 aliphatic carbocycles. The first-order valence-corrected chi connectivity index (χ1v) is 8.31. The Kier molecular flexibility index (Phi) is 5.82. The first kappa shape index (κ1) is 17.1. The van der Waals surface area contributed by atoms with Crippen molar-refractivity contribution in [2.75, 3.05) is 13.4 Å². The normalized spacial score (nSPS) is 11.6. The fourth-order valence-electron chi connectivity index (χ4n) is 2.08. The Hall–Kier alpha value is -2.27. The van der Waals surface area contributed by atoms with Gasteiger partial charge in [-0.2, -0.15) is 0 Å². The van der Waals surface area contributed by atoms with E-state index in [1.807, 2.05) is 18.4 Å². The molecule has 120 valence electrons. The molecule has 0 N–H and O–H groups in total. The summed E-state index contributed by atoms with van der Waals surface area (Å²) in [5, 5.41) is 0. The second-order valence-corrected chi connectivity index (χ2v) is 5.72. The van der Waals surface area contributed by atoms with Gasteiger partial charge in [0.25, 0.3) is 0 Å². The lowest BCUT2D eigenvalue weighted by Crippen LogP contribution is -2.24. The van der Waals surface area contributed by atoms with E-state index in [1.165, 1.54) is 7.11 Å². The number of thioether (sulfide) groups is 1. The summed E-state index contributed by atoms with van der Waals surface area (Å²) in [5.41, 5.74) is 0.815. The molecule has 4 nitrogen and oxygen atoms in total. The van der Waals surface area contributed by atoms with Crippen LogP contribution in [0.25, 0.3) is 0 Å². The summed E-state index contributed by atoms with van der Waals surface area (Å²) in [4.78, 5) is 25.5. The number of Topliss-reactive ketones (excluding diaryl/α,β-unsaturated/α-hetero) is 1. The lowest BCUT2D eigenvalue weighted by Gasteiger charge is -2.14. The molecule has 0 amide bonds. The molecule has 2 aromatic carbocycles. The van der Waals surface area contributed by atoms with Gasteiger partial charge in [-0.25, -0.2) is 4.79 Å². The molecule has 0 aliphatic rings. The predicted molar refractivity (Wildman–Crippen MR) is 90.4 cm³/mol. The Bertz CT molecular complexity index is 697. The van der Waals surface area contributed by atoms with Crippen molar-refractivity contribution in [2.24, 2.45) is 0 Å².